The van der Waals surface area contributed by atoms with Gasteiger partial charge in [0.2, 0.25) is 5.91 Å². The molecule has 7 heteroatoms. The first-order valence-electron chi connectivity index (χ1n) is 11.2. The van der Waals surface area contributed by atoms with Crippen LogP contribution in [0.15, 0.2) is 36.7 Å². The Hall–Kier alpha value is -2.98. The predicted octanol–water partition coefficient (Wildman–Crippen LogP) is 3.69. The number of nitrogens with one attached hydrogen (secondary N) is 1. The number of hydrogen-bond donors (Lipinski definition) is 1. The van der Waals surface area contributed by atoms with Crippen molar-refractivity contribution in [1.29, 1.82) is 5.26 Å². The van der Waals surface area contributed by atoms with Crippen LogP contribution < -0.4 is 10.2 Å². The lowest BCUT2D eigenvalue weighted by Gasteiger charge is -2.29. The number of nitrogens with zero attached hydrogens (tertiary/aromatic N) is 5. The zero-order chi connectivity index (χ0) is 21.4. The van der Waals surface area contributed by atoms with Gasteiger partial charge in [0, 0.05) is 30.7 Å². The van der Waals surface area contributed by atoms with Crippen molar-refractivity contribution in [2.24, 2.45) is 11.3 Å². The van der Waals surface area contributed by atoms with Crippen molar-refractivity contribution in [3.63, 3.8) is 0 Å². The van der Waals surface area contributed by atoms with Crippen molar-refractivity contribution >= 4 is 23.2 Å². The fourth-order valence-corrected chi connectivity index (χ4v) is 4.98. The van der Waals surface area contributed by atoms with Gasteiger partial charge in [-0.3, -0.25) is 4.79 Å². The molecule has 2 saturated heterocycles. The van der Waals surface area contributed by atoms with Crippen molar-refractivity contribution in [2.75, 3.05) is 36.9 Å². The fraction of sp³-hybridized carbons (Fsp3) is 0.500. The topological polar surface area (TPSA) is 85.1 Å². The van der Waals surface area contributed by atoms with Crippen molar-refractivity contribution in [3.05, 3.63) is 42.2 Å². The van der Waals surface area contributed by atoms with Gasteiger partial charge in [0.1, 0.15) is 17.1 Å². The van der Waals surface area contributed by atoms with Crippen LogP contribution in [0.4, 0.5) is 17.3 Å². The van der Waals surface area contributed by atoms with Gasteiger partial charge in [-0.15, -0.1) is 0 Å². The molecule has 2 aromatic heterocycles. The molecule has 3 aliphatic rings. The normalized spacial score (nSPS) is 24.9. The lowest BCUT2D eigenvalue weighted by Crippen LogP contribution is -2.35. The SMILES string of the molecule is CN1CCC(c2ccc(Nc3cc(N4CC[C@@](C#N)(C5CC5)C4=O)ccn3)nc2)CC1. The number of aromatic nitrogens is 2. The Bertz CT molecular complexity index is 1000. The number of carbonyl (C=O) groups excluding carboxylic acids is 1. The molecule has 4 heterocycles. The van der Waals surface area contributed by atoms with Crippen molar-refractivity contribution in [1.82, 2.24) is 14.9 Å². The number of piperidine rings is 1. The summed E-state index contributed by atoms with van der Waals surface area (Å²) in [5, 5.41) is 13.0. The molecule has 0 radical (unpaired) electrons. The number of hydrogen-bond acceptors (Lipinski definition) is 6. The summed E-state index contributed by atoms with van der Waals surface area (Å²) in [4.78, 5) is 26.2. The van der Waals surface area contributed by atoms with Crippen LogP contribution in [-0.4, -0.2) is 47.5 Å². The van der Waals surface area contributed by atoms with Crippen LogP contribution in [0.1, 0.15) is 43.6 Å². The van der Waals surface area contributed by atoms with E-state index in [1.807, 2.05) is 24.4 Å². The van der Waals surface area contributed by atoms with Gasteiger partial charge in [0.25, 0.3) is 0 Å². The number of rotatable bonds is 5. The summed E-state index contributed by atoms with van der Waals surface area (Å²) in [7, 11) is 2.17. The van der Waals surface area contributed by atoms with E-state index in [9.17, 15) is 10.1 Å². The number of likely N-dealkylation sites (tertiary alicyclic amines) is 1. The molecule has 0 aromatic carbocycles. The Morgan fingerprint density at radius 1 is 1.10 bits per heavy atom. The first-order chi connectivity index (χ1) is 15.1. The minimum atomic E-state index is -0.831. The second-order valence-corrected chi connectivity index (χ2v) is 9.14. The van der Waals surface area contributed by atoms with E-state index in [4.69, 9.17) is 0 Å². The fourth-order valence-electron chi connectivity index (χ4n) is 4.98. The minimum Gasteiger partial charge on any atom is -0.325 e. The van der Waals surface area contributed by atoms with Crippen LogP contribution in [0.25, 0.3) is 0 Å². The maximum atomic E-state index is 13.1. The van der Waals surface area contributed by atoms with Crippen LogP contribution in [-0.2, 0) is 4.79 Å². The van der Waals surface area contributed by atoms with Crippen molar-refractivity contribution in [3.8, 4) is 6.07 Å². The van der Waals surface area contributed by atoms with Gasteiger partial charge in [-0.1, -0.05) is 6.07 Å². The zero-order valence-corrected chi connectivity index (χ0v) is 17.9. The van der Waals surface area contributed by atoms with Gasteiger partial charge < -0.3 is 15.1 Å². The summed E-state index contributed by atoms with van der Waals surface area (Å²) in [6.07, 6.45) is 8.57. The molecule has 7 nitrogen and oxygen atoms in total. The average Bonchev–Trinajstić information content (AvgIpc) is 3.59. The lowest BCUT2D eigenvalue weighted by atomic mass is 9.83. The van der Waals surface area contributed by atoms with E-state index in [0.717, 1.165) is 37.4 Å². The molecule has 1 amide bonds. The van der Waals surface area contributed by atoms with Crippen LogP contribution >= 0.6 is 0 Å². The van der Waals surface area contributed by atoms with E-state index >= 15 is 0 Å². The Labute approximate surface area is 183 Å². The smallest absolute Gasteiger partial charge is 0.247 e. The Morgan fingerprint density at radius 3 is 2.58 bits per heavy atom. The third kappa shape index (κ3) is 3.77. The molecule has 1 saturated carbocycles. The molecule has 31 heavy (non-hydrogen) atoms. The molecule has 160 valence electrons. The van der Waals surface area contributed by atoms with Gasteiger partial charge in [-0.05, 0) is 81.8 Å². The third-order valence-electron chi connectivity index (χ3n) is 7.12. The Kier molecular flexibility index (Phi) is 5.11. The maximum Gasteiger partial charge on any atom is 0.247 e. The van der Waals surface area contributed by atoms with Crippen LogP contribution in [0.2, 0.25) is 0 Å². The van der Waals surface area contributed by atoms with E-state index in [1.165, 1.54) is 18.4 Å². The number of anilines is 3. The van der Waals surface area contributed by atoms with Gasteiger partial charge in [-0.25, -0.2) is 9.97 Å². The van der Waals surface area contributed by atoms with Crippen LogP contribution in [0.3, 0.4) is 0 Å². The zero-order valence-electron chi connectivity index (χ0n) is 17.9. The average molecular weight is 417 g/mol. The molecular weight excluding hydrogens is 388 g/mol. The molecule has 0 unspecified atom stereocenters. The molecule has 0 spiro atoms. The van der Waals surface area contributed by atoms with Crippen LogP contribution in [0, 0.1) is 22.7 Å². The van der Waals surface area contributed by atoms with Gasteiger partial charge in [0.15, 0.2) is 0 Å². The summed E-state index contributed by atoms with van der Waals surface area (Å²) in [5.74, 6) is 2.12. The minimum absolute atomic E-state index is 0.0599. The van der Waals surface area contributed by atoms with E-state index in [1.54, 1.807) is 11.1 Å². The maximum absolute atomic E-state index is 13.1. The molecule has 1 N–H and O–H groups in total. The molecule has 2 aromatic rings. The number of amides is 1. The number of carbonyl (C=O) groups is 1. The van der Waals surface area contributed by atoms with Gasteiger partial charge >= 0.3 is 0 Å². The first kappa shape index (κ1) is 20.0. The molecule has 3 fully saturated rings. The Morgan fingerprint density at radius 2 is 1.90 bits per heavy atom. The van der Waals surface area contributed by atoms with E-state index in [0.29, 0.717) is 24.7 Å². The number of pyridine rings is 2. The molecule has 1 aliphatic carbocycles. The third-order valence-corrected chi connectivity index (χ3v) is 7.12. The number of nitriles is 1. The highest BCUT2D eigenvalue weighted by Crippen LogP contribution is 2.51. The quantitative estimate of drug-likeness (QED) is 0.800. The molecule has 5 rings (SSSR count). The highest BCUT2D eigenvalue weighted by atomic mass is 16.2. The van der Waals surface area contributed by atoms with Crippen molar-refractivity contribution < 1.29 is 4.79 Å². The summed E-state index contributed by atoms with van der Waals surface area (Å²) in [6, 6.07) is 10.2. The molecule has 2 aliphatic heterocycles. The standard InChI is InChI=1S/C24H28N6O/c1-29-11-7-17(8-12-29)18-2-5-21(27-15-18)28-22-14-20(6-10-26-22)30-13-9-24(16-25,23(30)31)19-3-4-19/h2,5-6,10,14-15,17,19H,3-4,7-9,11-13H2,1H3,(H,26,27,28)/t24-/m1/s1. The Balaban J connectivity index is 1.28. The van der Waals surface area contributed by atoms with Gasteiger partial charge in [-0.2, -0.15) is 5.26 Å². The lowest BCUT2D eigenvalue weighted by molar-refractivity contribution is -0.123. The second-order valence-electron chi connectivity index (χ2n) is 9.14. The van der Waals surface area contributed by atoms with Crippen LogP contribution in [0.5, 0.6) is 0 Å². The first-order valence-corrected chi connectivity index (χ1v) is 11.2. The predicted molar refractivity (Wildman–Crippen MR) is 119 cm³/mol. The van der Waals surface area contributed by atoms with E-state index < -0.39 is 5.41 Å². The summed E-state index contributed by atoms with van der Waals surface area (Å²) in [6.45, 7) is 2.84. The summed E-state index contributed by atoms with van der Waals surface area (Å²) in [5.41, 5.74) is 1.24. The molecule has 1 atom stereocenters. The second kappa shape index (κ2) is 7.93. The van der Waals surface area contributed by atoms with E-state index in [2.05, 4.69) is 39.4 Å². The molecular formula is C24H28N6O. The van der Waals surface area contributed by atoms with E-state index in [-0.39, 0.29) is 11.8 Å². The summed E-state index contributed by atoms with van der Waals surface area (Å²) >= 11 is 0. The highest BCUT2D eigenvalue weighted by molar-refractivity contribution is 6.02. The summed E-state index contributed by atoms with van der Waals surface area (Å²) < 4.78 is 0. The molecule has 0 bridgehead atoms. The van der Waals surface area contributed by atoms with Crippen molar-refractivity contribution in [2.45, 2.75) is 38.0 Å². The largest absolute Gasteiger partial charge is 0.325 e. The monoisotopic (exact) mass is 416 g/mol. The van der Waals surface area contributed by atoms with Gasteiger partial charge in [0.05, 0.1) is 6.07 Å². The highest BCUT2D eigenvalue weighted by Gasteiger charge is 2.56.